The smallest absolute Gasteiger partial charge is 0.230 e. The van der Waals surface area contributed by atoms with E-state index < -0.39 is 0 Å². The highest BCUT2D eigenvalue weighted by molar-refractivity contribution is 5.96. The molecule has 1 aliphatic heterocycles. The maximum atomic E-state index is 12.7. The predicted molar refractivity (Wildman–Crippen MR) is 82.7 cm³/mol. The predicted octanol–water partition coefficient (Wildman–Crippen LogP) is 2.51. The average molecular weight is 292 g/mol. The standard InChI is InChI=1S/C16H24N2O3/c1-3-6-16(7-9-17-10-8-16)15(20)18-13-5-4-12(21-2)11-14(13)19/h4-5,11,17,19H,3,6-10H2,1-2H3,(H,18,20). The largest absolute Gasteiger partial charge is 0.506 e. The van der Waals surface area contributed by atoms with Crippen LogP contribution in [0, 0.1) is 5.41 Å². The molecule has 0 aromatic heterocycles. The highest BCUT2D eigenvalue weighted by Gasteiger charge is 2.38. The number of carbonyl (C=O) groups is 1. The van der Waals surface area contributed by atoms with Gasteiger partial charge < -0.3 is 20.5 Å². The van der Waals surface area contributed by atoms with E-state index in [1.54, 1.807) is 12.1 Å². The van der Waals surface area contributed by atoms with Crippen LogP contribution in [0.15, 0.2) is 18.2 Å². The summed E-state index contributed by atoms with van der Waals surface area (Å²) >= 11 is 0. The molecule has 5 nitrogen and oxygen atoms in total. The van der Waals surface area contributed by atoms with Crippen molar-refractivity contribution in [3.63, 3.8) is 0 Å². The van der Waals surface area contributed by atoms with Gasteiger partial charge in [-0.3, -0.25) is 4.79 Å². The number of benzene rings is 1. The number of piperidine rings is 1. The lowest BCUT2D eigenvalue weighted by Gasteiger charge is -2.36. The minimum atomic E-state index is -0.327. The molecule has 0 bridgehead atoms. The zero-order valence-corrected chi connectivity index (χ0v) is 12.7. The fourth-order valence-corrected chi connectivity index (χ4v) is 2.97. The maximum Gasteiger partial charge on any atom is 0.230 e. The number of rotatable bonds is 5. The summed E-state index contributed by atoms with van der Waals surface area (Å²) in [4.78, 5) is 12.7. The van der Waals surface area contributed by atoms with E-state index in [0.29, 0.717) is 11.4 Å². The first kappa shape index (κ1) is 15.6. The van der Waals surface area contributed by atoms with Crippen LogP contribution in [0.3, 0.4) is 0 Å². The molecule has 2 rings (SSSR count). The zero-order valence-electron chi connectivity index (χ0n) is 12.7. The van der Waals surface area contributed by atoms with Gasteiger partial charge in [-0.2, -0.15) is 0 Å². The first-order valence-corrected chi connectivity index (χ1v) is 7.50. The van der Waals surface area contributed by atoms with Gasteiger partial charge in [0, 0.05) is 6.07 Å². The number of phenolic OH excluding ortho intramolecular Hbond substituents is 1. The number of amides is 1. The molecule has 1 fully saturated rings. The molecule has 116 valence electrons. The van der Waals surface area contributed by atoms with Crippen LogP contribution in [-0.2, 0) is 4.79 Å². The van der Waals surface area contributed by atoms with E-state index >= 15 is 0 Å². The molecule has 0 aliphatic carbocycles. The van der Waals surface area contributed by atoms with Gasteiger partial charge >= 0.3 is 0 Å². The summed E-state index contributed by atoms with van der Waals surface area (Å²) in [6.07, 6.45) is 3.52. The molecule has 0 spiro atoms. The van der Waals surface area contributed by atoms with Crippen molar-refractivity contribution in [3.05, 3.63) is 18.2 Å². The second-order valence-corrected chi connectivity index (χ2v) is 5.62. The van der Waals surface area contributed by atoms with Gasteiger partial charge in [-0.05, 0) is 44.5 Å². The van der Waals surface area contributed by atoms with Crippen LogP contribution in [-0.4, -0.2) is 31.2 Å². The minimum Gasteiger partial charge on any atom is -0.506 e. The van der Waals surface area contributed by atoms with Gasteiger partial charge in [-0.1, -0.05) is 13.3 Å². The van der Waals surface area contributed by atoms with Crippen LogP contribution in [0.25, 0.3) is 0 Å². The Morgan fingerprint density at radius 3 is 2.71 bits per heavy atom. The minimum absolute atomic E-state index is 0.00585. The molecule has 0 atom stereocenters. The fraction of sp³-hybridized carbons (Fsp3) is 0.562. The van der Waals surface area contributed by atoms with Crippen LogP contribution >= 0.6 is 0 Å². The molecular weight excluding hydrogens is 268 g/mol. The van der Waals surface area contributed by atoms with Crippen LogP contribution in [0.4, 0.5) is 5.69 Å². The average Bonchev–Trinajstić information content (AvgIpc) is 2.50. The van der Waals surface area contributed by atoms with Gasteiger partial charge in [0.1, 0.15) is 11.5 Å². The number of nitrogens with one attached hydrogen (secondary N) is 2. The number of ether oxygens (including phenoxy) is 1. The van der Waals surface area contributed by atoms with E-state index in [-0.39, 0.29) is 17.1 Å². The quantitative estimate of drug-likeness (QED) is 0.729. The van der Waals surface area contributed by atoms with Crippen LogP contribution in [0.5, 0.6) is 11.5 Å². The summed E-state index contributed by atoms with van der Waals surface area (Å²) in [6.45, 7) is 3.83. The summed E-state index contributed by atoms with van der Waals surface area (Å²) in [5.74, 6) is 0.602. The van der Waals surface area contributed by atoms with Gasteiger partial charge in [0.15, 0.2) is 0 Å². The molecule has 0 radical (unpaired) electrons. The van der Waals surface area contributed by atoms with Gasteiger partial charge in [0.05, 0.1) is 18.2 Å². The number of carbonyl (C=O) groups excluding carboxylic acids is 1. The van der Waals surface area contributed by atoms with Crippen molar-refractivity contribution in [3.8, 4) is 11.5 Å². The fourth-order valence-electron chi connectivity index (χ4n) is 2.97. The highest BCUT2D eigenvalue weighted by Crippen LogP contribution is 2.37. The van der Waals surface area contributed by atoms with Gasteiger partial charge in [0.2, 0.25) is 5.91 Å². The molecule has 1 aromatic carbocycles. The topological polar surface area (TPSA) is 70.6 Å². The molecule has 1 aromatic rings. The van der Waals surface area contributed by atoms with Crippen LogP contribution in [0.1, 0.15) is 32.6 Å². The van der Waals surface area contributed by atoms with E-state index in [1.165, 1.54) is 13.2 Å². The lowest BCUT2D eigenvalue weighted by Crippen LogP contribution is -2.44. The number of phenols is 1. The molecule has 5 heteroatoms. The molecule has 0 saturated carbocycles. The van der Waals surface area contributed by atoms with Crippen molar-refractivity contribution in [2.75, 3.05) is 25.5 Å². The van der Waals surface area contributed by atoms with Crippen molar-refractivity contribution >= 4 is 11.6 Å². The Labute approximate surface area is 125 Å². The Morgan fingerprint density at radius 2 is 2.14 bits per heavy atom. The zero-order chi connectivity index (χ0) is 15.3. The molecule has 1 aliphatic rings. The lowest BCUT2D eigenvalue weighted by atomic mass is 9.74. The van der Waals surface area contributed by atoms with Crippen LogP contribution in [0.2, 0.25) is 0 Å². The van der Waals surface area contributed by atoms with Crippen molar-refractivity contribution in [1.29, 1.82) is 0 Å². The normalized spacial score (nSPS) is 17.2. The maximum absolute atomic E-state index is 12.7. The molecule has 1 amide bonds. The van der Waals surface area contributed by atoms with E-state index in [0.717, 1.165) is 38.8 Å². The highest BCUT2D eigenvalue weighted by atomic mass is 16.5. The van der Waals surface area contributed by atoms with Gasteiger partial charge in [-0.25, -0.2) is 0 Å². The summed E-state index contributed by atoms with van der Waals surface area (Å²) in [5, 5.41) is 16.2. The number of methoxy groups -OCH3 is 1. The molecule has 1 saturated heterocycles. The first-order valence-electron chi connectivity index (χ1n) is 7.50. The summed E-state index contributed by atoms with van der Waals surface area (Å²) in [7, 11) is 1.54. The Hall–Kier alpha value is -1.75. The second kappa shape index (κ2) is 6.80. The van der Waals surface area contributed by atoms with Crippen molar-refractivity contribution in [2.24, 2.45) is 5.41 Å². The third kappa shape index (κ3) is 3.47. The third-order valence-corrected chi connectivity index (χ3v) is 4.22. The molecule has 1 heterocycles. The third-order valence-electron chi connectivity index (χ3n) is 4.22. The van der Waals surface area contributed by atoms with E-state index in [9.17, 15) is 9.90 Å². The van der Waals surface area contributed by atoms with Crippen molar-refractivity contribution < 1.29 is 14.6 Å². The Bertz CT molecular complexity index is 491. The first-order chi connectivity index (χ1) is 10.1. The number of hydrogen-bond donors (Lipinski definition) is 3. The summed E-state index contributed by atoms with van der Waals surface area (Å²) in [5.41, 5.74) is 0.113. The van der Waals surface area contributed by atoms with Crippen LogP contribution < -0.4 is 15.4 Å². The van der Waals surface area contributed by atoms with E-state index in [2.05, 4.69) is 17.6 Å². The molecular formula is C16H24N2O3. The number of aromatic hydroxyl groups is 1. The molecule has 3 N–H and O–H groups in total. The SMILES string of the molecule is CCCC1(C(=O)Nc2ccc(OC)cc2O)CCNCC1. The Morgan fingerprint density at radius 1 is 1.43 bits per heavy atom. The van der Waals surface area contributed by atoms with Gasteiger partial charge in [0.25, 0.3) is 0 Å². The Balaban J connectivity index is 2.15. The Kier molecular flexibility index (Phi) is 5.07. The summed E-state index contributed by atoms with van der Waals surface area (Å²) in [6, 6.07) is 4.90. The van der Waals surface area contributed by atoms with Crippen molar-refractivity contribution in [2.45, 2.75) is 32.6 Å². The lowest BCUT2D eigenvalue weighted by molar-refractivity contribution is -0.127. The monoisotopic (exact) mass is 292 g/mol. The van der Waals surface area contributed by atoms with E-state index in [4.69, 9.17) is 4.74 Å². The second-order valence-electron chi connectivity index (χ2n) is 5.62. The molecule has 0 unspecified atom stereocenters. The van der Waals surface area contributed by atoms with Crippen molar-refractivity contribution in [1.82, 2.24) is 5.32 Å². The summed E-state index contributed by atoms with van der Waals surface area (Å²) < 4.78 is 5.05. The van der Waals surface area contributed by atoms with Gasteiger partial charge in [-0.15, -0.1) is 0 Å². The number of anilines is 1. The van der Waals surface area contributed by atoms with E-state index in [1.807, 2.05) is 0 Å². The number of hydrogen-bond acceptors (Lipinski definition) is 4. The molecule has 21 heavy (non-hydrogen) atoms.